The standard InChI is InChI=1S/C9H12F3N3O3/c10-9(11,12)2-1-4-18-5-3-15-6-7(8(16)17)13-14-15/h6H,1-5H2,(H,16,17). The van der Waals surface area contributed by atoms with Gasteiger partial charge in [0.05, 0.1) is 19.3 Å². The first-order chi connectivity index (χ1) is 8.38. The van der Waals surface area contributed by atoms with Crippen LogP contribution in [0, 0.1) is 0 Å². The Labute approximate surface area is 100 Å². The van der Waals surface area contributed by atoms with Crippen LogP contribution in [0.3, 0.4) is 0 Å². The summed E-state index contributed by atoms with van der Waals surface area (Å²) in [7, 11) is 0. The van der Waals surface area contributed by atoms with E-state index in [1.54, 1.807) is 0 Å². The summed E-state index contributed by atoms with van der Waals surface area (Å²) in [5.41, 5.74) is -0.188. The molecule has 0 radical (unpaired) electrons. The molecule has 1 N–H and O–H groups in total. The molecule has 0 spiro atoms. The highest BCUT2D eigenvalue weighted by Crippen LogP contribution is 2.20. The maximum Gasteiger partial charge on any atom is 0.389 e. The van der Waals surface area contributed by atoms with Gasteiger partial charge in [0.1, 0.15) is 0 Å². The third kappa shape index (κ3) is 5.62. The zero-order chi connectivity index (χ0) is 13.6. The molecule has 0 aliphatic rings. The predicted molar refractivity (Wildman–Crippen MR) is 53.1 cm³/mol. The number of nitrogens with zero attached hydrogens (tertiary/aromatic N) is 3. The van der Waals surface area contributed by atoms with Crippen molar-refractivity contribution >= 4 is 5.97 Å². The van der Waals surface area contributed by atoms with E-state index in [2.05, 4.69) is 10.3 Å². The number of alkyl halides is 3. The lowest BCUT2D eigenvalue weighted by Gasteiger charge is -2.06. The van der Waals surface area contributed by atoms with Crippen molar-refractivity contribution in [1.82, 2.24) is 15.0 Å². The highest BCUT2D eigenvalue weighted by Gasteiger charge is 2.25. The molecule has 0 unspecified atom stereocenters. The van der Waals surface area contributed by atoms with Crippen LogP contribution in [-0.4, -0.2) is 45.5 Å². The smallest absolute Gasteiger partial charge is 0.389 e. The zero-order valence-electron chi connectivity index (χ0n) is 9.35. The average Bonchev–Trinajstić information content (AvgIpc) is 2.70. The van der Waals surface area contributed by atoms with Gasteiger partial charge in [-0.05, 0) is 6.42 Å². The molecule has 0 saturated carbocycles. The largest absolute Gasteiger partial charge is 0.476 e. The fraction of sp³-hybridized carbons (Fsp3) is 0.667. The second kappa shape index (κ2) is 6.34. The summed E-state index contributed by atoms with van der Waals surface area (Å²) in [5.74, 6) is -1.19. The van der Waals surface area contributed by atoms with Crippen LogP contribution < -0.4 is 0 Å². The molecule has 1 aromatic heterocycles. The lowest BCUT2D eigenvalue weighted by atomic mass is 10.3. The van der Waals surface area contributed by atoms with Crippen LogP contribution in [0.1, 0.15) is 23.3 Å². The Bertz CT molecular complexity index is 392. The lowest BCUT2D eigenvalue weighted by molar-refractivity contribution is -0.137. The van der Waals surface area contributed by atoms with Gasteiger partial charge in [-0.15, -0.1) is 5.10 Å². The van der Waals surface area contributed by atoms with Gasteiger partial charge in [-0.1, -0.05) is 5.21 Å². The molecule has 0 amide bonds. The number of halogens is 3. The van der Waals surface area contributed by atoms with Crippen LogP contribution in [0.2, 0.25) is 0 Å². The Morgan fingerprint density at radius 1 is 1.44 bits per heavy atom. The third-order valence-corrected chi connectivity index (χ3v) is 1.97. The van der Waals surface area contributed by atoms with Crippen molar-refractivity contribution in [3.05, 3.63) is 11.9 Å². The van der Waals surface area contributed by atoms with Crippen molar-refractivity contribution in [3.63, 3.8) is 0 Å². The second-order valence-corrected chi connectivity index (χ2v) is 3.50. The number of rotatable bonds is 7. The first-order valence-corrected chi connectivity index (χ1v) is 5.16. The number of ether oxygens (including phenoxy) is 1. The molecule has 9 heteroatoms. The molecule has 0 atom stereocenters. The van der Waals surface area contributed by atoms with Gasteiger partial charge >= 0.3 is 12.1 Å². The van der Waals surface area contributed by atoms with E-state index in [0.29, 0.717) is 0 Å². The Balaban J connectivity index is 2.12. The zero-order valence-corrected chi connectivity index (χ0v) is 9.35. The summed E-state index contributed by atoms with van der Waals surface area (Å²) in [6.45, 7) is 0.395. The molecule has 1 heterocycles. The van der Waals surface area contributed by atoms with Crippen LogP contribution in [0.15, 0.2) is 6.20 Å². The van der Waals surface area contributed by atoms with Crippen LogP contribution in [0.4, 0.5) is 13.2 Å². The Kier molecular flexibility index (Phi) is 5.08. The van der Waals surface area contributed by atoms with E-state index in [1.165, 1.54) is 10.9 Å². The van der Waals surface area contributed by atoms with Crippen molar-refractivity contribution in [3.8, 4) is 0 Å². The van der Waals surface area contributed by atoms with Gasteiger partial charge in [-0.2, -0.15) is 13.2 Å². The van der Waals surface area contributed by atoms with E-state index >= 15 is 0 Å². The quantitative estimate of drug-likeness (QED) is 0.754. The van der Waals surface area contributed by atoms with Crippen molar-refractivity contribution < 1.29 is 27.8 Å². The molecule has 0 aliphatic heterocycles. The van der Waals surface area contributed by atoms with E-state index in [0.717, 1.165) is 0 Å². The van der Waals surface area contributed by atoms with Crippen LogP contribution in [-0.2, 0) is 11.3 Å². The van der Waals surface area contributed by atoms with Crippen molar-refractivity contribution in [1.29, 1.82) is 0 Å². The fourth-order valence-electron chi connectivity index (χ4n) is 1.14. The highest BCUT2D eigenvalue weighted by atomic mass is 19.4. The number of hydrogen-bond donors (Lipinski definition) is 1. The van der Waals surface area contributed by atoms with Crippen LogP contribution in [0.25, 0.3) is 0 Å². The molecule has 1 aromatic rings. The van der Waals surface area contributed by atoms with Gasteiger partial charge in [0.2, 0.25) is 0 Å². The third-order valence-electron chi connectivity index (χ3n) is 1.97. The SMILES string of the molecule is O=C(O)c1cn(CCOCCCC(F)(F)F)nn1. The first-order valence-electron chi connectivity index (χ1n) is 5.16. The minimum Gasteiger partial charge on any atom is -0.476 e. The van der Waals surface area contributed by atoms with Gasteiger partial charge in [-0.25, -0.2) is 9.48 Å². The molecular weight excluding hydrogens is 255 g/mol. The number of carboxylic acid groups (broad SMARTS) is 1. The van der Waals surface area contributed by atoms with E-state index in [4.69, 9.17) is 9.84 Å². The van der Waals surface area contributed by atoms with E-state index < -0.39 is 18.6 Å². The Morgan fingerprint density at radius 2 is 2.17 bits per heavy atom. The minimum absolute atomic E-state index is 0.00000512. The van der Waals surface area contributed by atoms with Crippen LogP contribution >= 0.6 is 0 Å². The molecule has 18 heavy (non-hydrogen) atoms. The summed E-state index contributed by atoms with van der Waals surface area (Å²) < 4.78 is 41.5. The van der Waals surface area contributed by atoms with Crippen molar-refractivity contribution in [2.75, 3.05) is 13.2 Å². The summed E-state index contributed by atoms with van der Waals surface area (Å²) in [6, 6.07) is 0. The van der Waals surface area contributed by atoms with Crippen molar-refractivity contribution in [2.45, 2.75) is 25.6 Å². The van der Waals surface area contributed by atoms with Gasteiger partial charge in [0.25, 0.3) is 0 Å². The fourth-order valence-corrected chi connectivity index (χ4v) is 1.14. The van der Waals surface area contributed by atoms with Gasteiger partial charge in [0, 0.05) is 13.0 Å². The van der Waals surface area contributed by atoms with Gasteiger partial charge in [-0.3, -0.25) is 0 Å². The van der Waals surface area contributed by atoms with E-state index in [9.17, 15) is 18.0 Å². The maximum atomic E-state index is 11.8. The number of hydrogen-bond acceptors (Lipinski definition) is 4. The number of aromatic carboxylic acids is 1. The van der Waals surface area contributed by atoms with E-state index in [1.807, 2.05) is 0 Å². The number of aromatic nitrogens is 3. The first kappa shape index (κ1) is 14.4. The number of carbonyl (C=O) groups is 1. The maximum absolute atomic E-state index is 11.8. The molecule has 0 aliphatic carbocycles. The normalized spacial score (nSPS) is 11.7. The minimum atomic E-state index is -4.16. The average molecular weight is 267 g/mol. The van der Waals surface area contributed by atoms with Gasteiger partial charge < -0.3 is 9.84 Å². The summed E-state index contributed by atoms with van der Waals surface area (Å²) in [5, 5.41) is 15.5. The molecular formula is C9H12F3N3O3. The molecule has 0 fully saturated rings. The monoisotopic (exact) mass is 267 g/mol. The highest BCUT2D eigenvalue weighted by molar-refractivity contribution is 5.84. The van der Waals surface area contributed by atoms with Crippen molar-refractivity contribution in [2.24, 2.45) is 0 Å². The second-order valence-electron chi connectivity index (χ2n) is 3.50. The van der Waals surface area contributed by atoms with E-state index in [-0.39, 0.29) is 31.9 Å². The predicted octanol–water partition coefficient (Wildman–Crippen LogP) is 1.34. The number of carboxylic acids is 1. The summed E-state index contributed by atoms with van der Waals surface area (Å²) in [6.07, 6.45) is -3.91. The van der Waals surface area contributed by atoms with Gasteiger partial charge in [0.15, 0.2) is 5.69 Å². The Morgan fingerprint density at radius 3 is 2.72 bits per heavy atom. The molecule has 0 bridgehead atoms. The summed E-state index contributed by atoms with van der Waals surface area (Å²) >= 11 is 0. The summed E-state index contributed by atoms with van der Waals surface area (Å²) in [4.78, 5) is 10.5. The van der Waals surface area contributed by atoms with Crippen LogP contribution in [0.5, 0.6) is 0 Å². The topological polar surface area (TPSA) is 77.2 Å². The molecule has 1 rings (SSSR count). The molecule has 102 valence electrons. The molecule has 0 aromatic carbocycles. The molecule has 0 saturated heterocycles. The Hall–Kier alpha value is -1.64. The molecule has 6 nitrogen and oxygen atoms in total. The lowest BCUT2D eigenvalue weighted by Crippen LogP contribution is -2.11.